The number of benzene rings is 2. The van der Waals surface area contributed by atoms with Gasteiger partial charge in [0.05, 0.1) is 10.2 Å². The highest BCUT2D eigenvalue weighted by Crippen LogP contribution is 2.28. The number of fused-ring (bicyclic) bond motifs is 1. The molecule has 0 nitrogen and oxygen atoms in total. The second-order valence-electron chi connectivity index (χ2n) is 3.66. The molecule has 0 amide bonds. The van der Waals surface area contributed by atoms with Crippen LogP contribution in [0.5, 0.6) is 0 Å². The van der Waals surface area contributed by atoms with Gasteiger partial charge in [-0.15, -0.1) is 0 Å². The Bertz CT molecular complexity index is 538. The summed E-state index contributed by atoms with van der Waals surface area (Å²) in [5, 5.41) is 3.69. The van der Waals surface area contributed by atoms with Gasteiger partial charge in [-0.2, -0.15) is 0 Å². The van der Waals surface area contributed by atoms with Crippen LogP contribution in [-0.2, 0) is 0 Å². The number of halogens is 1. The van der Waals surface area contributed by atoms with Crippen LogP contribution in [0.2, 0.25) is 0 Å². The summed E-state index contributed by atoms with van der Waals surface area (Å²) < 4.78 is 1.19. The Morgan fingerprint density at radius 1 is 1.12 bits per heavy atom. The van der Waals surface area contributed by atoms with Crippen LogP contribution in [0.3, 0.4) is 0 Å². The minimum absolute atomic E-state index is 0.988. The first-order valence-electron chi connectivity index (χ1n) is 5.32. The Morgan fingerprint density at radius 3 is 2.56 bits per heavy atom. The van der Waals surface area contributed by atoms with E-state index in [2.05, 4.69) is 75.6 Å². The summed E-state index contributed by atoms with van der Waals surface area (Å²) >= 11 is 3.60. The second kappa shape index (κ2) is 4.98. The molecule has 2 aromatic carbocycles. The molecule has 0 N–H and O–H groups in total. The smallest absolute Gasteiger partial charge is 0.0616 e. The Hall–Kier alpha value is -0.863. The zero-order chi connectivity index (χ0) is 11.5. The van der Waals surface area contributed by atoms with E-state index < -0.39 is 0 Å². The maximum Gasteiger partial charge on any atom is 0.0731 e. The summed E-state index contributed by atoms with van der Waals surface area (Å²) in [5.74, 6) is 0. The highest BCUT2D eigenvalue weighted by molar-refractivity contribution is 9.11. The minimum atomic E-state index is 0.988. The van der Waals surface area contributed by atoms with Crippen molar-refractivity contribution in [2.24, 2.45) is 0 Å². The monoisotopic (exact) mass is 287 g/mol. The summed E-state index contributed by atoms with van der Waals surface area (Å²) in [7, 11) is 3.72. The maximum absolute atomic E-state index is 3.72. The van der Waals surface area contributed by atoms with Gasteiger partial charge in [0.25, 0.3) is 0 Å². The molecule has 0 fully saturated rings. The van der Waals surface area contributed by atoms with Crippen LogP contribution in [0.1, 0.15) is 18.9 Å². The minimum Gasteiger partial charge on any atom is -0.0616 e. The maximum atomic E-state index is 3.72. The zero-order valence-corrected chi connectivity index (χ0v) is 11.7. The van der Waals surface area contributed by atoms with Gasteiger partial charge in [-0.3, -0.25) is 0 Å². The molecule has 2 aromatic rings. The standard InChI is InChI=1S/C14H12BrSi/c1-2-13(15)14(16)12-9-5-7-10-6-3-4-8-11(10)12/h3-9H,2H2,1H3. The molecule has 0 heterocycles. The molecule has 2 rings (SSSR count). The summed E-state index contributed by atoms with van der Waals surface area (Å²) in [6, 6.07) is 14.8. The fourth-order valence-electron chi connectivity index (χ4n) is 1.77. The van der Waals surface area contributed by atoms with E-state index in [-0.39, 0.29) is 0 Å². The van der Waals surface area contributed by atoms with Crippen molar-refractivity contribution in [3.63, 3.8) is 0 Å². The van der Waals surface area contributed by atoms with Gasteiger partial charge >= 0.3 is 0 Å². The molecular formula is C14H12BrSi. The molecule has 0 atom stereocenters. The summed E-state index contributed by atoms with van der Waals surface area (Å²) in [6.07, 6.45) is 0.988. The molecule has 3 radical (unpaired) electrons. The average molecular weight is 288 g/mol. The van der Waals surface area contributed by atoms with Crippen LogP contribution in [0, 0.1) is 0 Å². The Kier molecular flexibility index (Phi) is 3.61. The molecule has 2 heteroatoms. The lowest BCUT2D eigenvalue weighted by Gasteiger charge is -2.09. The van der Waals surface area contributed by atoms with E-state index in [1.54, 1.807) is 0 Å². The molecular weight excluding hydrogens is 276 g/mol. The van der Waals surface area contributed by atoms with Crippen LogP contribution in [0.4, 0.5) is 0 Å². The zero-order valence-electron chi connectivity index (χ0n) is 9.13. The van der Waals surface area contributed by atoms with E-state index in [1.165, 1.54) is 20.8 Å². The van der Waals surface area contributed by atoms with E-state index in [0.717, 1.165) is 11.6 Å². The molecule has 79 valence electrons. The van der Waals surface area contributed by atoms with Gasteiger partial charge in [0.2, 0.25) is 0 Å². The van der Waals surface area contributed by atoms with E-state index in [1.807, 2.05) is 0 Å². The van der Waals surface area contributed by atoms with Gasteiger partial charge in [-0.05, 0) is 32.4 Å². The molecule has 0 spiro atoms. The molecule has 0 aliphatic rings. The van der Waals surface area contributed by atoms with Gasteiger partial charge in [0.15, 0.2) is 0 Å². The lowest BCUT2D eigenvalue weighted by atomic mass is 10.0. The molecule has 0 aliphatic heterocycles. The van der Waals surface area contributed by atoms with Crippen molar-refractivity contribution in [1.82, 2.24) is 0 Å². The summed E-state index contributed by atoms with van der Waals surface area (Å²) in [5.41, 5.74) is 1.24. The number of hydrogen-bond donors (Lipinski definition) is 0. The molecule has 0 unspecified atom stereocenters. The fraction of sp³-hybridized carbons (Fsp3) is 0.143. The van der Waals surface area contributed by atoms with Crippen LogP contribution in [-0.4, -0.2) is 10.2 Å². The van der Waals surface area contributed by atoms with Gasteiger partial charge < -0.3 is 0 Å². The number of allylic oxidation sites excluding steroid dienone is 1. The van der Waals surface area contributed by atoms with Gasteiger partial charge in [-0.25, -0.2) is 0 Å². The highest BCUT2D eigenvalue weighted by atomic mass is 79.9. The molecule has 0 saturated heterocycles. The quantitative estimate of drug-likeness (QED) is 0.715. The third kappa shape index (κ3) is 2.13. The van der Waals surface area contributed by atoms with Crippen molar-refractivity contribution in [2.75, 3.05) is 0 Å². The van der Waals surface area contributed by atoms with Gasteiger partial charge in [0, 0.05) is 0 Å². The lowest BCUT2D eigenvalue weighted by molar-refractivity contribution is 1.21. The van der Waals surface area contributed by atoms with Crippen molar-refractivity contribution in [3.05, 3.63) is 52.5 Å². The molecule has 16 heavy (non-hydrogen) atoms. The van der Waals surface area contributed by atoms with Crippen LogP contribution < -0.4 is 0 Å². The van der Waals surface area contributed by atoms with Crippen molar-refractivity contribution in [1.29, 1.82) is 0 Å². The summed E-state index contributed by atoms with van der Waals surface area (Å²) in [4.78, 5) is 0. The third-order valence-electron chi connectivity index (χ3n) is 2.64. The van der Waals surface area contributed by atoms with E-state index in [4.69, 9.17) is 0 Å². The van der Waals surface area contributed by atoms with Crippen molar-refractivity contribution in [3.8, 4) is 0 Å². The van der Waals surface area contributed by atoms with Crippen LogP contribution in [0.15, 0.2) is 46.9 Å². The van der Waals surface area contributed by atoms with Gasteiger partial charge in [-0.1, -0.05) is 65.3 Å². The molecule has 0 saturated carbocycles. The van der Waals surface area contributed by atoms with E-state index in [9.17, 15) is 0 Å². The predicted molar refractivity (Wildman–Crippen MR) is 75.8 cm³/mol. The van der Waals surface area contributed by atoms with Crippen molar-refractivity contribution in [2.45, 2.75) is 13.3 Å². The number of rotatable bonds is 2. The molecule has 0 aromatic heterocycles. The lowest BCUT2D eigenvalue weighted by Crippen LogP contribution is -1.88. The SMILES string of the molecule is CCC(Br)=C([Si])c1cccc2ccccc12. The van der Waals surface area contributed by atoms with Crippen LogP contribution >= 0.6 is 15.9 Å². The first kappa shape index (κ1) is 11.6. The predicted octanol–water partition coefficient (Wildman–Crippen LogP) is 4.48. The topological polar surface area (TPSA) is 0 Å². The highest BCUT2D eigenvalue weighted by Gasteiger charge is 2.04. The Balaban J connectivity index is 2.70. The largest absolute Gasteiger partial charge is 0.0731 e. The Morgan fingerprint density at radius 2 is 1.81 bits per heavy atom. The van der Waals surface area contributed by atoms with E-state index >= 15 is 0 Å². The normalized spacial score (nSPS) is 12.7. The number of hydrogen-bond acceptors (Lipinski definition) is 0. The van der Waals surface area contributed by atoms with Crippen molar-refractivity contribution >= 4 is 42.1 Å². The third-order valence-corrected chi connectivity index (χ3v) is 4.53. The van der Waals surface area contributed by atoms with E-state index in [0.29, 0.717) is 0 Å². The average Bonchev–Trinajstić information content (AvgIpc) is 2.36. The van der Waals surface area contributed by atoms with Crippen LogP contribution in [0.25, 0.3) is 16.0 Å². The summed E-state index contributed by atoms with van der Waals surface area (Å²) in [6.45, 7) is 2.13. The van der Waals surface area contributed by atoms with Crippen molar-refractivity contribution < 1.29 is 0 Å². The molecule has 0 bridgehead atoms. The first-order valence-corrected chi connectivity index (χ1v) is 6.61. The first-order chi connectivity index (χ1) is 7.74. The fourth-order valence-corrected chi connectivity index (χ4v) is 2.37. The van der Waals surface area contributed by atoms with Gasteiger partial charge in [0.1, 0.15) is 0 Å². The second-order valence-corrected chi connectivity index (χ2v) is 5.12. The molecule has 0 aliphatic carbocycles. The Labute approximate surface area is 108 Å².